The maximum absolute atomic E-state index is 10.8. The highest BCUT2D eigenvalue weighted by atomic mass is 16.4. The zero-order valence-electron chi connectivity index (χ0n) is 12.1. The van der Waals surface area contributed by atoms with E-state index in [1.54, 1.807) is 6.20 Å². The van der Waals surface area contributed by atoms with Crippen molar-refractivity contribution in [1.82, 2.24) is 19.6 Å². The third-order valence-electron chi connectivity index (χ3n) is 4.07. The Morgan fingerprint density at radius 2 is 2.29 bits per heavy atom. The van der Waals surface area contributed by atoms with Crippen LogP contribution >= 0.6 is 0 Å². The minimum absolute atomic E-state index is 0.190. The highest BCUT2D eigenvalue weighted by molar-refractivity contribution is 5.67. The zero-order chi connectivity index (χ0) is 14.8. The van der Waals surface area contributed by atoms with Crippen LogP contribution in [0.1, 0.15) is 37.9 Å². The predicted octanol–water partition coefficient (Wildman–Crippen LogP) is 1.66. The minimum atomic E-state index is -0.745. The summed E-state index contributed by atoms with van der Waals surface area (Å²) >= 11 is 0. The zero-order valence-corrected chi connectivity index (χ0v) is 12.1. The minimum Gasteiger partial charge on any atom is -0.481 e. The number of rotatable bonds is 4. The first-order valence-electron chi connectivity index (χ1n) is 7.31. The van der Waals surface area contributed by atoms with Gasteiger partial charge >= 0.3 is 5.97 Å². The maximum Gasteiger partial charge on any atom is 0.303 e. The molecule has 0 aromatic carbocycles. The Hall–Kier alpha value is -2.18. The first-order chi connectivity index (χ1) is 10.2. The summed E-state index contributed by atoms with van der Waals surface area (Å²) in [6.45, 7) is 2.80. The molecule has 21 heavy (non-hydrogen) atoms. The second-order valence-corrected chi connectivity index (χ2v) is 5.47. The van der Waals surface area contributed by atoms with E-state index < -0.39 is 5.97 Å². The molecule has 1 fully saturated rings. The van der Waals surface area contributed by atoms with Gasteiger partial charge in [-0.3, -0.25) is 9.20 Å². The fourth-order valence-electron chi connectivity index (χ4n) is 3.00. The lowest BCUT2D eigenvalue weighted by molar-refractivity contribution is -0.137. The normalized spacial score (nSPS) is 19.1. The van der Waals surface area contributed by atoms with E-state index in [1.165, 1.54) is 0 Å². The quantitative estimate of drug-likeness (QED) is 0.921. The number of fused-ring (bicyclic) bond motifs is 1. The van der Waals surface area contributed by atoms with Gasteiger partial charge in [-0.05, 0) is 32.6 Å². The summed E-state index contributed by atoms with van der Waals surface area (Å²) in [5.74, 6) is 0.894. The number of hydrogen-bond acceptors (Lipinski definition) is 5. The molecule has 0 amide bonds. The van der Waals surface area contributed by atoms with Crippen molar-refractivity contribution in [1.29, 1.82) is 0 Å². The summed E-state index contributed by atoms with van der Waals surface area (Å²) in [7, 11) is 0. The molecular formula is C14H19N5O2. The van der Waals surface area contributed by atoms with Gasteiger partial charge in [0, 0.05) is 31.4 Å². The van der Waals surface area contributed by atoms with E-state index >= 15 is 0 Å². The van der Waals surface area contributed by atoms with Crippen LogP contribution in [0.4, 0.5) is 5.82 Å². The summed E-state index contributed by atoms with van der Waals surface area (Å²) in [5, 5.41) is 17.2. The van der Waals surface area contributed by atoms with Crippen LogP contribution in [-0.2, 0) is 4.79 Å². The predicted molar refractivity (Wildman–Crippen MR) is 77.4 cm³/mol. The van der Waals surface area contributed by atoms with Crippen LogP contribution < -0.4 is 4.90 Å². The molecule has 7 heteroatoms. The second-order valence-electron chi connectivity index (χ2n) is 5.47. The molecule has 1 aliphatic heterocycles. The number of hydrogen-bond donors (Lipinski definition) is 1. The number of piperidine rings is 1. The molecule has 0 radical (unpaired) electrons. The van der Waals surface area contributed by atoms with Gasteiger partial charge in [0.05, 0.1) is 0 Å². The van der Waals surface area contributed by atoms with E-state index in [0.29, 0.717) is 6.42 Å². The molecule has 3 rings (SSSR count). The largest absolute Gasteiger partial charge is 0.481 e. The summed E-state index contributed by atoms with van der Waals surface area (Å²) in [5.41, 5.74) is 0.747. The van der Waals surface area contributed by atoms with Crippen molar-refractivity contribution in [2.45, 2.75) is 45.1 Å². The number of carboxylic acids is 1. The Morgan fingerprint density at radius 3 is 3.10 bits per heavy atom. The lowest BCUT2D eigenvalue weighted by Gasteiger charge is -2.36. The van der Waals surface area contributed by atoms with Crippen molar-refractivity contribution < 1.29 is 9.90 Å². The van der Waals surface area contributed by atoms with Crippen molar-refractivity contribution in [2.24, 2.45) is 0 Å². The van der Waals surface area contributed by atoms with Gasteiger partial charge in [-0.2, -0.15) is 0 Å². The number of nitrogens with zero attached hydrogens (tertiary/aromatic N) is 5. The van der Waals surface area contributed by atoms with Gasteiger partial charge in [0.25, 0.3) is 0 Å². The van der Waals surface area contributed by atoms with E-state index in [0.717, 1.165) is 43.1 Å². The molecule has 1 aliphatic rings. The summed E-state index contributed by atoms with van der Waals surface area (Å²) in [6, 6.07) is 0.213. The Bertz CT molecular complexity index is 654. The van der Waals surface area contributed by atoms with Crippen LogP contribution in [0.25, 0.3) is 5.65 Å². The molecule has 1 N–H and O–H groups in total. The van der Waals surface area contributed by atoms with Crippen molar-refractivity contribution in [3.8, 4) is 0 Å². The average molecular weight is 289 g/mol. The molecule has 2 aromatic rings. The van der Waals surface area contributed by atoms with E-state index in [-0.39, 0.29) is 12.5 Å². The van der Waals surface area contributed by atoms with Crippen molar-refractivity contribution in [2.75, 3.05) is 11.4 Å². The molecule has 7 nitrogen and oxygen atoms in total. The van der Waals surface area contributed by atoms with E-state index in [9.17, 15) is 4.79 Å². The van der Waals surface area contributed by atoms with Gasteiger partial charge in [0.2, 0.25) is 5.65 Å². The van der Waals surface area contributed by atoms with Gasteiger partial charge in [-0.1, -0.05) is 0 Å². The van der Waals surface area contributed by atoms with Gasteiger partial charge in [-0.15, -0.1) is 10.2 Å². The van der Waals surface area contributed by atoms with Gasteiger partial charge in [0.1, 0.15) is 5.82 Å². The molecule has 1 unspecified atom stereocenters. The van der Waals surface area contributed by atoms with E-state index in [1.807, 2.05) is 17.5 Å². The third kappa shape index (κ3) is 2.68. The maximum atomic E-state index is 10.8. The Balaban J connectivity index is 1.92. The fourth-order valence-corrected chi connectivity index (χ4v) is 3.00. The van der Waals surface area contributed by atoms with Crippen molar-refractivity contribution in [3.05, 3.63) is 18.2 Å². The molecular weight excluding hydrogens is 270 g/mol. The van der Waals surface area contributed by atoms with Gasteiger partial charge in [0.15, 0.2) is 5.82 Å². The Morgan fingerprint density at radius 1 is 1.43 bits per heavy atom. The SMILES string of the molecule is Cc1nnc2c(N3CCCCC3CCC(=O)O)nccn12. The molecule has 3 heterocycles. The van der Waals surface area contributed by atoms with Crippen LogP contribution in [0.15, 0.2) is 12.4 Å². The number of anilines is 1. The van der Waals surface area contributed by atoms with Crippen LogP contribution in [0.5, 0.6) is 0 Å². The number of carbonyl (C=O) groups is 1. The smallest absolute Gasteiger partial charge is 0.303 e. The van der Waals surface area contributed by atoms with Crippen molar-refractivity contribution in [3.63, 3.8) is 0 Å². The average Bonchev–Trinajstić information content (AvgIpc) is 2.87. The monoisotopic (exact) mass is 289 g/mol. The fraction of sp³-hybridized carbons (Fsp3) is 0.571. The Labute approximate surface area is 122 Å². The highest BCUT2D eigenvalue weighted by Gasteiger charge is 2.26. The molecule has 0 saturated carbocycles. The highest BCUT2D eigenvalue weighted by Crippen LogP contribution is 2.28. The lowest BCUT2D eigenvalue weighted by atomic mass is 9.98. The molecule has 0 spiro atoms. The van der Waals surface area contributed by atoms with E-state index in [2.05, 4.69) is 20.1 Å². The molecule has 0 aliphatic carbocycles. The first kappa shape index (κ1) is 13.8. The first-order valence-corrected chi connectivity index (χ1v) is 7.31. The van der Waals surface area contributed by atoms with Crippen LogP contribution in [0.3, 0.4) is 0 Å². The Kier molecular flexibility index (Phi) is 3.72. The number of aliphatic carboxylic acids is 1. The molecule has 1 atom stereocenters. The third-order valence-corrected chi connectivity index (χ3v) is 4.07. The lowest BCUT2D eigenvalue weighted by Crippen LogP contribution is -2.40. The molecule has 1 saturated heterocycles. The van der Waals surface area contributed by atoms with E-state index in [4.69, 9.17) is 5.11 Å². The summed E-state index contributed by atoms with van der Waals surface area (Å²) < 4.78 is 1.92. The summed E-state index contributed by atoms with van der Waals surface area (Å²) in [4.78, 5) is 17.5. The molecule has 0 bridgehead atoms. The van der Waals surface area contributed by atoms with Crippen LogP contribution in [0.2, 0.25) is 0 Å². The second kappa shape index (κ2) is 5.67. The summed E-state index contributed by atoms with van der Waals surface area (Å²) in [6.07, 6.45) is 7.67. The number of carboxylic acid groups (broad SMARTS) is 1. The molecule has 2 aromatic heterocycles. The van der Waals surface area contributed by atoms with Gasteiger partial charge in [-0.25, -0.2) is 4.98 Å². The van der Waals surface area contributed by atoms with Crippen LogP contribution in [-0.4, -0.2) is 43.2 Å². The van der Waals surface area contributed by atoms with Crippen molar-refractivity contribution >= 4 is 17.4 Å². The van der Waals surface area contributed by atoms with Gasteiger partial charge < -0.3 is 10.0 Å². The standard InChI is InChI=1S/C14H19N5O2/c1-10-16-17-14-13(15-7-9-18(10)14)19-8-3-2-4-11(19)5-6-12(20)21/h7,9,11H,2-6,8H2,1H3,(H,20,21). The van der Waals surface area contributed by atoms with Crippen LogP contribution in [0, 0.1) is 6.92 Å². The topological polar surface area (TPSA) is 83.6 Å². The number of aromatic nitrogens is 4. The number of aryl methyl sites for hydroxylation is 1. The molecule has 112 valence electrons.